The average molecular weight is 164 g/mol. The molecule has 0 spiro atoms. The Morgan fingerprint density at radius 3 is 1.82 bits per heavy atom. The molecule has 0 aliphatic heterocycles. The van der Waals surface area contributed by atoms with Gasteiger partial charge < -0.3 is 17.2 Å². The van der Waals surface area contributed by atoms with Gasteiger partial charge in [0.2, 0.25) is 0 Å². The molecule has 0 saturated heterocycles. The highest BCUT2D eigenvalue weighted by molar-refractivity contribution is 5.70. The molecule has 0 aliphatic carbocycles. The van der Waals surface area contributed by atoms with Crippen LogP contribution in [0.4, 0.5) is 9.59 Å². The maximum atomic E-state index is 9.74. The summed E-state index contributed by atoms with van der Waals surface area (Å²) < 4.78 is 0. The van der Waals surface area contributed by atoms with Crippen molar-refractivity contribution in [1.29, 1.82) is 0 Å². The number of hydrogen-bond donors (Lipinski definition) is 4. The van der Waals surface area contributed by atoms with E-state index in [4.69, 9.17) is 4.79 Å². The second kappa shape index (κ2) is 8.50. The highest BCUT2D eigenvalue weighted by Crippen LogP contribution is 1.59. The highest BCUT2D eigenvalue weighted by Gasteiger charge is 1.83. The van der Waals surface area contributed by atoms with Crippen molar-refractivity contribution in [2.24, 2.45) is 17.2 Å². The summed E-state index contributed by atoms with van der Waals surface area (Å²) in [4.78, 5) is 23.1. The summed E-state index contributed by atoms with van der Waals surface area (Å²) in [6.45, 7) is 2.18. The summed E-state index contributed by atoms with van der Waals surface area (Å²) >= 11 is 0. The number of nitrogens with one attached hydrogen (secondary N) is 1. The molecule has 4 amide bonds. The Labute approximate surface area is 63.8 Å². The van der Waals surface area contributed by atoms with Crippen molar-refractivity contribution in [3.8, 4) is 0 Å². The fourth-order valence-electron chi connectivity index (χ4n) is 0.143. The van der Waals surface area contributed by atoms with Gasteiger partial charge >= 0.3 is 12.1 Å². The Kier molecular flexibility index (Phi) is 9.43. The average Bonchev–Trinajstić information content (AvgIpc) is 1.82. The lowest BCUT2D eigenvalue weighted by atomic mass is 10.9. The van der Waals surface area contributed by atoms with Crippen LogP contribution in [0.15, 0.2) is 0 Å². The topological polar surface area (TPSA) is 133 Å². The molecule has 7 nitrogen and oxygen atoms in total. The maximum Gasteiger partial charge on any atom is 0.336 e. The van der Waals surface area contributed by atoms with Gasteiger partial charge in [-0.1, -0.05) is 0 Å². The molecule has 0 rings (SSSR count). The molecule has 0 saturated carbocycles. The van der Waals surface area contributed by atoms with Gasteiger partial charge in [0.25, 0.3) is 0 Å². The number of urea groups is 2. The van der Waals surface area contributed by atoms with Gasteiger partial charge in [0.15, 0.2) is 0 Å². The molecule has 0 aromatic carbocycles. The SMILES string of the molecule is CCONC(N)=O.NC(N)=O. The lowest BCUT2D eigenvalue weighted by Crippen LogP contribution is -2.29. The molecule has 7 N–H and O–H groups in total. The first kappa shape index (κ1) is 12.2. The molecule has 66 valence electrons. The minimum Gasteiger partial charge on any atom is -0.352 e. The van der Waals surface area contributed by atoms with Crippen LogP contribution in [0.1, 0.15) is 6.92 Å². The largest absolute Gasteiger partial charge is 0.352 e. The second-order valence-electron chi connectivity index (χ2n) is 1.30. The number of hydrogen-bond acceptors (Lipinski definition) is 3. The minimum atomic E-state index is -0.833. The van der Waals surface area contributed by atoms with Gasteiger partial charge in [0, 0.05) is 0 Å². The van der Waals surface area contributed by atoms with Crippen molar-refractivity contribution in [3.63, 3.8) is 0 Å². The number of hydroxylamine groups is 1. The van der Waals surface area contributed by atoms with Crippen LogP contribution < -0.4 is 22.7 Å². The monoisotopic (exact) mass is 164 g/mol. The van der Waals surface area contributed by atoms with Crippen molar-refractivity contribution in [2.45, 2.75) is 6.92 Å². The summed E-state index contributed by atoms with van der Waals surface area (Å²) in [5.41, 5.74) is 15.0. The molecule has 0 aromatic heterocycles. The predicted octanol–water partition coefficient (Wildman–Crippen LogP) is -1.37. The van der Waals surface area contributed by atoms with Gasteiger partial charge in [0.1, 0.15) is 0 Å². The summed E-state index contributed by atoms with van der Waals surface area (Å²) in [7, 11) is 0. The number of amides is 4. The van der Waals surface area contributed by atoms with E-state index in [1.165, 1.54) is 0 Å². The van der Waals surface area contributed by atoms with E-state index in [1.807, 2.05) is 5.48 Å². The van der Waals surface area contributed by atoms with Gasteiger partial charge in [-0.2, -0.15) is 0 Å². The summed E-state index contributed by atoms with van der Waals surface area (Å²) in [6.07, 6.45) is 0. The van der Waals surface area contributed by atoms with E-state index in [9.17, 15) is 4.79 Å². The summed E-state index contributed by atoms with van der Waals surface area (Å²) in [5, 5.41) is 0. The fraction of sp³-hybridized carbons (Fsp3) is 0.500. The molecule has 11 heavy (non-hydrogen) atoms. The summed E-state index contributed by atoms with van der Waals surface area (Å²) in [6, 6.07) is -1.50. The molecule has 0 atom stereocenters. The first-order chi connectivity index (χ1) is 5.00. The van der Waals surface area contributed by atoms with E-state index < -0.39 is 12.1 Å². The van der Waals surface area contributed by atoms with E-state index in [-0.39, 0.29) is 0 Å². The number of carbonyl (C=O) groups is 2. The molecule has 0 heterocycles. The maximum absolute atomic E-state index is 9.74. The van der Waals surface area contributed by atoms with E-state index >= 15 is 0 Å². The standard InChI is InChI=1S/C3H8N2O2.CH4N2O/c1-2-7-5-3(4)6;2-1(3)4/h2H2,1H3,(H3,4,5,6);(H4,2,3,4). The first-order valence-electron chi connectivity index (χ1n) is 2.72. The van der Waals surface area contributed by atoms with Crippen LogP contribution in [0.2, 0.25) is 0 Å². The van der Waals surface area contributed by atoms with Crippen LogP contribution in [-0.2, 0) is 4.84 Å². The predicted molar refractivity (Wildman–Crippen MR) is 38.1 cm³/mol. The number of nitrogens with two attached hydrogens (primary N) is 3. The molecule has 0 aromatic rings. The van der Waals surface area contributed by atoms with Gasteiger partial charge in [-0.3, -0.25) is 4.84 Å². The molecule has 7 heteroatoms. The van der Waals surface area contributed by atoms with E-state index in [0.29, 0.717) is 6.61 Å². The zero-order valence-corrected chi connectivity index (χ0v) is 6.16. The van der Waals surface area contributed by atoms with Crippen LogP contribution in [0.25, 0.3) is 0 Å². The summed E-state index contributed by atoms with van der Waals surface area (Å²) in [5.74, 6) is 0. The normalized spacial score (nSPS) is 7.36. The molecule has 0 unspecified atom stereocenters. The molecule has 0 bridgehead atoms. The van der Waals surface area contributed by atoms with E-state index in [1.54, 1.807) is 6.92 Å². The van der Waals surface area contributed by atoms with Crippen LogP contribution in [0.5, 0.6) is 0 Å². The van der Waals surface area contributed by atoms with E-state index in [0.717, 1.165) is 0 Å². The van der Waals surface area contributed by atoms with Crippen molar-refractivity contribution < 1.29 is 14.4 Å². The Morgan fingerprint density at radius 1 is 1.36 bits per heavy atom. The van der Waals surface area contributed by atoms with Gasteiger partial charge in [-0.05, 0) is 6.92 Å². The van der Waals surface area contributed by atoms with E-state index in [2.05, 4.69) is 22.0 Å². The van der Waals surface area contributed by atoms with Crippen molar-refractivity contribution >= 4 is 12.1 Å². The van der Waals surface area contributed by atoms with Crippen molar-refractivity contribution in [2.75, 3.05) is 6.61 Å². The molecular formula is C4H12N4O3. The lowest BCUT2D eigenvalue weighted by Gasteiger charge is -1.95. The van der Waals surface area contributed by atoms with Gasteiger partial charge in [-0.25, -0.2) is 15.1 Å². The van der Waals surface area contributed by atoms with Crippen LogP contribution in [0, 0.1) is 0 Å². The van der Waals surface area contributed by atoms with Crippen LogP contribution in [-0.4, -0.2) is 18.7 Å². The molecule has 0 aliphatic rings. The highest BCUT2D eigenvalue weighted by atomic mass is 16.7. The Bertz CT molecular complexity index is 123. The number of rotatable bonds is 2. The molecular weight excluding hydrogens is 152 g/mol. The second-order valence-corrected chi connectivity index (χ2v) is 1.30. The first-order valence-corrected chi connectivity index (χ1v) is 2.72. The molecule has 0 fully saturated rings. The zero-order chi connectivity index (χ0) is 9.28. The smallest absolute Gasteiger partial charge is 0.336 e. The molecule has 0 radical (unpaired) electrons. The third-order valence-electron chi connectivity index (χ3n) is 0.317. The third kappa shape index (κ3) is 57.5. The Hall–Kier alpha value is -1.50. The number of primary amides is 3. The van der Waals surface area contributed by atoms with Crippen LogP contribution in [0.3, 0.4) is 0 Å². The van der Waals surface area contributed by atoms with Crippen molar-refractivity contribution in [3.05, 3.63) is 0 Å². The van der Waals surface area contributed by atoms with Gasteiger partial charge in [0.05, 0.1) is 6.61 Å². The lowest BCUT2D eigenvalue weighted by molar-refractivity contribution is 0.0742. The van der Waals surface area contributed by atoms with Crippen molar-refractivity contribution in [1.82, 2.24) is 5.48 Å². The minimum absolute atomic E-state index is 0.433. The Balaban J connectivity index is 0. The van der Waals surface area contributed by atoms with Crippen LogP contribution >= 0.6 is 0 Å². The quantitative estimate of drug-likeness (QED) is 0.375. The fourth-order valence-corrected chi connectivity index (χ4v) is 0.143. The van der Waals surface area contributed by atoms with Gasteiger partial charge in [-0.15, -0.1) is 0 Å². The number of carbonyl (C=O) groups excluding carboxylic acids is 2. The Morgan fingerprint density at radius 2 is 1.73 bits per heavy atom. The third-order valence-corrected chi connectivity index (χ3v) is 0.317. The zero-order valence-electron chi connectivity index (χ0n) is 6.16.